The Balaban J connectivity index is 0.000000334. The average Bonchev–Trinajstić information content (AvgIpc) is 3.08. The molecular weight excluding hydrogens is 727 g/mol. The third kappa shape index (κ3) is 13.0. The fourth-order valence-electron chi connectivity index (χ4n) is 5.55. The summed E-state index contributed by atoms with van der Waals surface area (Å²) >= 11 is 12.0. The largest absolute Gasteiger partial charge is 0.394 e. The number of hydrogen-bond donors (Lipinski definition) is 15. The Kier molecular flexibility index (Phi) is 21.4. The van der Waals surface area contributed by atoms with Crippen LogP contribution in [-0.2, 0) is 23.7 Å². The number of aliphatic hydroxyl groups is 11. The van der Waals surface area contributed by atoms with Crippen LogP contribution < -0.4 is 5.32 Å². The molecule has 4 saturated heterocycles. The highest BCUT2D eigenvalue weighted by molar-refractivity contribution is 7.81. The number of amides is 1. The number of carbonyl (C=O) groups is 1. The first-order chi connectivity index (χ1) is 23.2. The lowest BCUT2D eigenvalue weighted by Gasteiger charge is -2.40. The van der Waals surface area contributed by atoms with E-state index in [9.17, 15) is 50.8 Å². The molecule has 50 heavy (non-hydrogen) atoms. The molecule has 0 aromatic rings. The van der Waals surface area contributed by atoms with Crippen LogP contribution in [0.1, 0.15) is 41.5 Å². The Morgan fingerprint density at radius 1 is 0.520 bits per heavy atom. The summed E-state index contributed by atoms with van der Waals surface area (Å²) in [6.45, 7) is 9.31. The zero-order valence-electron chi connectivity index (χ0n) is 29.0. The SMILES string of the molecule is CC(=O)NC1C(O)C(C)OC(C)C1O.CC1OC(CO)C(O)C(S)C1O.CC1OC(CO)C(S)C(O)C1O.C[C@H]1OC(CS)C(O)C(O)C1O. The van der Waals surface area contributed by atoms with Gasteiger partial charge in [0.1, 0.15) is 42.7 Å². The van der Waals surface area contributed by atoms with Crippen LogP contribution in [0.5, 0.6) is 0 Å². The Morgan fingerprint density at radius 3 is 1.36 bits per heavy atom. The molecule has 0 saturated carbocycles. The first-order valence-corrected chi connectivity index (χ1v) is 18.0. The second-order valence-corrected chi connectivity index (χ2v) is 14.4. The van der Waals surface area contributed by atoms with Crippen molar-refractivity contribution in [2.24, 2.45) is 0 Å². The minimum Gasteiger partial charge on any atom is -0.394 e. The van der Waals surface area contributed by atoms with E-state index < -0.39 is 108 Å². The summed E-state index contributed by atoms with van der Waals surface area (Å²) in [4.78, 5) is 10.8. The second kappa shape index (κ2) is 22.3. The molecule has 20 heteroatoms. The molecule has 4 aliphatic rings. The van der Waals surface area contributed by atoms with E-state index in [1.807, 2.05) is 0 Å². The van der Waals surface area contributed by atoms with Crippen molar-refractivity contribution < 1.29 is 79.9 Å². The first-order valence-electron chi connectivity index (χ1n) is 16.4. The van der Waals surface area contributed by atoms with Gasteiger partial charge in [-0.05, 0) is 34.6 Å². The summed E-state index contributed by atoms with van der Waals surface area (Å²) in [5.74, 6) is 0.0596. The van der Waals surface area contributed by atoms with Crippen molar-refractivity contribution in [3.8, 4) is 0 Å². The maximum Gasteiger partial charge on any atom is 0.217 e. The van der Waals surface area contributed by atoms with Gasteiger partial charge in [0.05, 0.1) is 90.8 Å². The fourth-order valence-corrected chi connectivity index (χ4v) is 6.63. The molecule has 298 valence electrons. The molecular formula is C30H59NO16S3. The lowest BCUT2D eigenvalue weighted by Crippen LogP contribution is -2.62. The van der Waals surface area contributed by atoms with Crippen molar-refractivity contribution in [3.05, 3.63) is 0 Å². The van der Waals surface area contributed by atoms with E-state index in [0.29, 0.717) is 5.75 Å². The number of thiol groups is 3. The molecule has 0 aromatic carbocycles. The summed E-state index contributed by atoms with van der Waals surface area (Å²) in [6, 6.07) is -0.647. The second-order valence-electron chi connectivity index (χ2n) is 12.9. The molecule has 0 bridgehead atoms. The van der Waals surface area contributed by atoms with E-state index in [-0.39, 0.29) is 31.3 Å². The van der Waals surface area contributed by atoms with Gasteiger partial charge in [-0.25, -0.2) is 0 Å². The normalized spacial score (nSPS) is 47.6. The molecule has 4 aliphatic heterocycles. The third-order valence-electron chi connectivity index (χ3n) is 8.89. The van der Waals surface area contributed by atoms with Gasteiger partial charge >= 0.3 is 0 Å². The van der Waals surface area contributed by atoms with E-state index in [4.69, 9.17) is 29.2 Å². The van der Waals surface area contributed by atoms with E-state index in [0.717, 1.165) is 0 Å². The minimum absolute atomic E-state index is 0.192. The maximum atomic E-state index is 10.8. The van der Waals surface area contributed by atoms with Crippen LogP contribution >= 0.6 is 37.9 Å². The molecule has 18 unspecified atom stereocenters. The first kappa shape index (κ1) is 47.9. The van der Waals surface area contributed by atoms with E-state index in [1.54, 1.807) is 34.6 Å². The van der Waals surface area contributed by atoms with Crippen LogP contribution in [0.25, 0.3) is 0 Å². The number of nitrogens with one attached hydrogen (secondary N) is 1. The van der Waals surface area contributed by atoms with Gasteiger partial charge < -0.3 is 80.4 Å². The number of carbonyl (C=O) groups excluding carboxylic acids is 1. The van der Waals surface area contributed by atoms with Crippen LogP contribution in [0.2, 0.25) is 0 Å². The molecule has 4 fully saturated rings. The van der Waals surface area contributed by atoms with Crippen LogP contribution in [0.15, 0.2) is 0 Å². The van der Waals surface area contributed by atoms with Crippen molar-refractivity contribution in [1.82, 2.24) is 5.32 Å². The van der Waals surface area contributed by atoms with Crippen LogP contribution in [0.4, 0.5) is 0 Å². The van der Waals surface area contributed by atoms with Gasteiger partial charge in [-0.15, -0.1) is 0 Å². The summed E-state index contributed by atoms with van der Waals surface area (Å²) in [5.41, 5.74) is 0. The van der Waals surface area contributed by atoms with Gasteiger partial charge in [-0.2, -0.15) is 37.9 Å². The van der Waals surface area contributed by atoms with E-state index >= 15 is 0 Å². The highest BCUT2D eigenvalue weighted by Crippen LogP contribution is 2.26. The number of aliphatic hydroxyl groups excluding tert-OH is 11. The Bertz CT molecular complexity index is 872. The standard InChI is InChI=1S/C9H17NO4.3C7H14O4S/c1-4-8(12)7(10-6(3)11)9(13)5(2)14-4;1-3-5(9)6(10)7(12)4(2-8)11-3;1-3-5(8)7(10)6(9)4(2-12)11-3;1-3-5(9)7(12)6(10)4(2-8)11-3/h4-5,7-9,12-13H,1-3H3,(H,10,11);3*3-10,12H,2H2,1H3/t;;3-,4?,5?,6?,7?;/m..1./s1. The summed E-state index contributed by atoms with van der Waals surface area (Å²) in [6.07, 6.45) is -12.2. The molecule has 17 nitrogen and oxygen atoms in total. The highest BCUT2D eigenvalue weighted by Gasteiger charge is 2.43. The fraction of sp³-hybridized carbons (Fsp3) is 0.967. The predicted molar refractivity (Wildman–Crippen MR) is 188 cm³/mol. The Hall–Kier alpha value is -0.0800. The van der Waals surface area contributed by atoms with Gasteiger partial charge in [0.15, 0.2) is 0 Å². The van der Waals surface area contributed by atoms with Gasteiger partial charge in [-0.1, -0.05) is 0 Å². The molecule has 0 spiro atoms. The average molecular weight is 786 g/mol. The Labute approximate surface area is 309 Å². The summed E-state index contributed by atoms with van der Waals surface area (Å²) < 4.78 is 20.8. The monoisotopic (exact) mass is 785 g/mol. The summed E-state index contributed by atoms with van der Waals surface area (Å²) in [7, 11) is 0. The number of hydrogen-bond acceptors (Lipinski definition) is 19. The van der Waals surface area contributed by atoms with Crippen LogP contribution in [-0.4, -0.2) is 201 Å². The lowest BCUT2D eigenvalue weighted by molar-refractivity contribution is -0.210. The predicted octanol–water partition coefficient (Wildman–Crippen LogP) is -4.62. The van der Waals surface area contributed by atoms with Gasteiger partial charge in [0.2, 0.25) is 5.91 Å². The molecule has 0 aliphatic carbocycles. The third-order valence-corrected chi connectivity index (χ3v) is 10.5. The molecule has 19 atom stereocenters. The molecule has 0 aromatic heterocycles. The van der Waals surface area contributed by atoms with Crippen LogP contribution in [0, 0.1) is 0 Å². The quantitative estimate of drug-likeness (QED) is 0.119. The maximum absolute atomic E-state index is 10.8. The highest BCUT2D eigenvalue weighted by atomic mass is 32.1. The number of ether oxygens (including phenoxy) is 4. The molecule has 12 N–H and O–H groups in total. The van der Waals surface area contributed by atoms with E-state index in [2.05, 4.69) is 43.2 Å². The lowest BCUT2D eigenvalue weighted by atomic mass is 9.94. The zero-order valence-corrected chi connectivity index (χ0v) is 31.7. The Morgan fingerprint density at radius 2 is 0.920 bits per heavy atom. The molecule has 4 heterocycles. The van der Waals surface area contributed by atoms with Crippen molar-refractivity contribution in [2.75, 3.05) is 19.0 Å². The minimum atomic E-state index is -1.13. The van der Waals surface area contributed by atoms with Crippen molar-refractivity contribution in [2.45, 2.75) is 162 Å². The topological polar surface area (TPSA) is 289 Å². The van der Waals surface area contributed by atoms with Gasteiger partial charge in [0.25, 0.3) is 0 Å². The molecule has 0 radical (unpaired) electrons. The van der Waals surface area contributed by atoms with E-state index in [1.165, 1.54) is 6.92 Å². The van der Waals surface area contributed by atoms with Gasteiger partial charge in [0, 0.05) is 12.7 Å². The van der Waals surface area contributed by atoms with Crippen molar-refractivity contribution >= 4 is 43.8 Å². The van der Waals surface area contributed by atoms with Gasteiger partial charge in [-0.3, -0.25) is 4.79 Å². The van der Waals surface area contributed by atoms with Crippen LogP contribution in [0.3, 0.4) is 0 Å². The molecule has 4 rings (SSSR count). The molecule has 1 amide bonds. The smallest absolute Gasteiger partial charge is 0.217 e. The zero-order chi connectivity index (χ0) is 38.8. The summed E-state index contributed by atoms with van der Waals surface area (Å²) in [5, 5.41) is 104. The number of rotatable bonds is 4. The van der Waals surface area contributed by atoms with Crippen molar-refractivity contribution in [3.63, 3.8) is 0 Å². The van der Waals surface area contributed by atoms with Crippen molar-refractivity contribution in [1.29, 1.82) is 0 Å².